The zero-order valence-corrected chi connectivity index (χ0v) is 11.9. The minimum atomic E-state index is -1.38. The summed E-state index contributed by atoms with van der Waals surface area (Å²) in [7, 11) is 0. The lowest BCUT2D eigenvalue weighted by Crippen LogP contribution is -2.24. The lowest BCUT2D eigenvalue weighted by atomic mass is 10.1. The number of carbonyl (C=O) groups excluding carboxylic acids is 1. The van der Waals surface area contributed by atoms with Crippen LogP contribution in [0.3, 0.4) is 0 Å². The average molecular weight is 301 g/mol. The molecule has 0 atom stereocenters. The maximum absolute atomic E-state index is 11.1. The number of aromatic carboxylic acids is 1. The summed E-state index contributed by atoms with van der Waals surface area (Å²) in [5.74, 6) is -1.38. The summed E-state index contributed by atoms with van der Waals surface area (Å²) >= 11 is 0. The molecule has 0 saturated heterocycles. The van der Waals surface area contributed by atoms with E-state index in [0.29, 0.717) is 12.2 Å². The van der Waals surface area contributed by atoms with Gasteiger partial charge in [-0.1, -0.05) is 30.3 Å². The van der Waals surface area contributed by atoms with Crippen molar-refractivity contribution in [2.24, 2.45) is 0 Å². The van der Waals surface area contributed by atoms with Gasteiger partial charge in [0.2, 0.25) is 0 Å². The van der Waals surface area contributed by atoms with Crippen LogP contribution in [0.25, 0.3) is 0 Å². The standard InChI is InChI=1S/C16H18N2O4/c19-16(20)14-11-13(18(21)22)8-9-15(14)17-10-4-7-12-5-2-1-3-6-12/h1-3,5-6,8-9,11,17,21-22H,4,7,10H2,(H,19,20)/p-1. The van der Waals surface area contributed by atoms with E-state index in [4.69, 9.17) is 10.4 Å². The van der Waals surface area contributed by atoms with Crippen LogP contribution < -0.4 is 15.6 Å². The van der Waals surface area contributed by atoms with Crippen LogP contribution in [-0.2, 0) is 6.42 Å². The van der Waals surface area contributed by atoms with E-state index in [9.17, 15) is 9.90 Å². The van der Waals surface area contributed by atoms with Gasteiger partial charge in [0.05, 0.1) is 11.7 Å². The third kappa shape index (κ3) is 4.21. The molecule has 0 bridgehead atoms. The van der Waals surface area contributed by atoms with Crippen molar-refractivity contribution in [2.75, 3.05) is 17.1 Å². The molecule has 2 rings (SSSR count). The molecule has 6 nitrogen and oxygen atoms in total. The van der Waals surface area contributed by atoms with Crippen molar-refractivity contribution in [3.05, 3.63) is 59.7 Å². The monoisotopic (exact) mass is 301 g/mol. The van der Waals surface area contributed by atoms with Gasteiger partial charge in [0.1, 0.15) is 0 Å². The molecule has 0 unspecified atom stereocenters. The summed E-state index contributed by atoms with van der Waals surface area (Å²) in [6.07, 6.45) is 1.72. The van der Waals surface area contributed by atoms with Gasteiger partial charge < -0.3 is 15.2 Å². The Morgan fingerprint density at radius 2 is 1.86 bits per heavy atom. The number of benzene rings is 2. The van der Waals surface area contributed by atoms with Crippen molar-refractivity contribution in [3.8, 4) is 0 Å². The molecule has 0 fully saturated rings. The molecular formula is C16H17N2O4-. The second kappa shape index (κ2) is 7.44. The SMILES string of the molecule is O=C([O-])c1cc(N(O)O)ccc1NCCCc1ccccc1. The molecule has 0 aliphatic heterocycles. The molecule has 2 aromatic rings. The van der Waals surface area contributed by atoms with Crippen molar-refractivity contribution >= 4 is 17.3 Å². The zero-order chi connectivity index (χ0) is 15.9. The van der Waals surface area contributed by atoms with Gasteiger partial charge in [0.25, 0.3) is 0 Å². The molecule has 0 aliphatic carbocycles. The van der Waals surface area contributed by atoms with Gasteiger partial charge in [-0.3, -0.25) is 10.4 Å². The van der Waals surface area contributed by atoms with E-state index in [2.05, 4.69) is 5.32 Å². The molecule has 0 heterocycles. The maximum Gasteiger partial charge on any atom is 0.0950 e. The highest BCUT2D eigenvalue weighted by atomic mass is 16.8. The van der Waals surface area contributed by atoms with Crippen LogP contribution in [0.2, 0.25) is 0 Å². The Morgan fingerprint density at radius 1 is 1.14 bits per heavy atom. The van der Waals surface area contributed by atoms with Crippen LogP contribution in [0.4, 0.5) is 11.4 Å². The smallest absolute Gasteiger partial charge is 0.0950 e. The van der Waals surface area contributed by atoms with Crippen molar-refractivity contribution < 1.29 is 20.3 Å². The largest absolute Gasteiger partial charge is 0.545 e. The number of anilines is 2. The summed E-state index contributed by atoms with van der Waals surface area (Å²) in [5, 5.41) is 31.8. The predicted octanol–water partition coefficient (Wildman–Crippen LogP) is 1.68. The van der Waals surface area contributed by atoms with E-state index in [1.807, 2.05) is 30.3 Å². The van der Waals surface area contributed by atoms with Gasteiger partial charge in [-0.15, -0.1) is 5.23 Å². The van der Waals surface area contributed by atoms with E-state index in [0.717, 1.165) is 18.9 Å². The van der Waals surface area contributed by atoms with Gasteiger partial charge in [-0.05, 0) is 36.6 Å². The molecule has 22 heavy (non-hydrogen) atoms. The molecule has 0 aromatic heterocycles. The highest BCUT2D eigenvalue weighted by molar-refractivity contribution is 5.94. The molecular weight excluding hydrogens is 284 g/mol. The van der Waals surface area contributed by atoms with E-state index >= 15 is 0 Å². The second-order valence-electron chi connectivity index (χ2n) is 4.82. The molecule has 3 N–H and O–H groups in total. The van der Waals surface area contributed by atoms with E-state index in [-0.39, 0.29) is 16.5 Å². The molecule has 0 radical (unpaired) electrons. The number of nitrogens with zero attached hydrogens (tertiary/aromatic N) is 1. The van der Waals surface area contributed by atoms with Gasteiger partial charge in [-0.25, -0.2) is 0 Å². The van der Waals surface area contributed by atoms with E-state index in [1.165, 1.54) is 17.7 Å². The first-order chi connectivity index (χ1) is 10.6. The van der Waals surface area contributed by atoms with E-state index < -0.39 is 5.97 Å². The fraction of sp³-hybridized carbons (Fsp3) is 0.188. The minimum absolute atomic E-state index is 0.0472. The maximum atomic E-state index is 11.1. The number of carboxylic acids is 1. The summed E-state index contributed by atoms with van der Waals surface area (Å²) < 4.78 is 0. The molecule has 0 spiro atoms. The molecule has 0 saturated carbocycles. The van der Waals surface area contributed by atoms with Gasteiger partial charge >= 0.3 is 0 Å². The third-order valence-corrected chi connectivity index (χ3v) is 3.25. The first-order valence-corrected chi connectivity index (χ1v) is 6.89. The Labute approximate surface area is 128 Å². The fourth-order valence-electron chi connectivity index (χ4n) is 2.14. The quantitative estimate of drug-likeness (QED) is 0.532. The lowest BCUT2D eigenvalue weighted by Gasteiger charge is -2.16. The first-order valence-electron chi connectivity index (χ1n) is 6.89. The van der Waals surface area contributed by atoms with Gasteiger partial charge in [0.15, 0.2) is 0 Å². The Kier molecular flexibility index (Phi) is 5.35. The van der Waals surface area contributed by atoms with E-state index in [1.54, 1.807) is 0 Å². The van der Waals surface area contributed by atoms with Crippen LogP contribution in [0.1, 0.15) is 22.3 Å². The lowest BCUT2D eigenvalue weighted by molar-refractivity contribution is -0.254. The second-order valence-corrected chi connectivity index (χ2v) is 4.82. The van der Waals surface area contributed by atoms with Crippen LogP contribution in [0, 0.1) is 0 Å². The molecule has 0 aliphatic rings. The Morgan fingerprint density at radius 3 is 2.50 bits per heavy atom. The van der Waals surface area contributed by atoms with Crippen LogP contribution in [0.5, 0.6) is 0 Å². The van der Waals surface area contributed by atoms with Crippen molar-refractivity contribution in [3.63, 3.8) is 0 Å². The summed E-state index contributed by atoms with van der Waals surface area (Å²) in [6, 6.07) is 14.0. The van der Waals surface area contributed by atoms with Gasteiger partial charge in [0, 0.05) is 17.8 Å². The summed E-state index contributed by atoms with van der Waals surface area (Å²) in [4.78, 5) is 11.1. The Bertz CT molecular complexity index is 629. The number of carboxylic acid groups (broad SMARTS) is 1. The van der Waals surface area contributed by atoms with Crippen LogP contribution in [0.15, 0.2) is 48.5 Å². The summed E-state index contributed by atoms with van der Waals surface area (Å²) in [6.45, 7) is 0.594. The number of hydrogen-bond acceptors (Lipinski definition) is 6. The first kappa shape index (κ1) is 15.8. The molecule has 116 valence electrons. The number of carbonyl (C=O) groups is 1. The third-order valence-electron chi connectivity index (χ3n) is 3.25. The van der Waals surface area contributed by atoms with Gasteiger partial charge in [-0.2, -0.15) is 0 Å². The van der Waals surface area contributed by atoms with Crippen molar-refractivity contribution in [1.29, 1.82) is 0 Å². The number of hydrogen-bond donors (Lipinski definition) is 3. The average Bonchev–Trinajstić information content (AvgIpc) is 2.52. The highest BCUT2D eigenvalue weighted by Crippen LogP contribution is 2.21. The van der Waals surface area contributed by atoms with Crippen LogP contribution >= 0.6 is 0 Å². The van der Waals surface area contributed by atoms with Crippen molar-refractivity contribution in [2.45, 2.75) is 12.8 Å². The minimum Gasteiger partial charge on any atom is -0.545 e. The molecule has 0 amide bonds. The molecule has 2 aromatic carbocycles. The number of aryl methyl sites for hydroxylation is 1. The fourth-order valence-corrected chi connectivity index (χ4v) is 2.14. The Balaban J connectivity index is 1.96. The normalized spacial score (nSPS) is 10.3. The number of nitrogens with one attached hydrogen (secondary N) is 1. The van der Waals surface area contributed by atoms with Crippen LogP contribution in [-0.4, -0.2) is 22.9 Å². The predicted molar refractivity (Wildman–Crippen MR) is 80.1 cm³/mol. The Hall–Kier alpha value is -2.57. The number of rotatable bonds is 7. The zero-order valence-electron chi connectivity index (χ0n) is 11.9. The molecule has 6 heteroatoms. The summed E-state index contributed by atoms with van der Waals surface area (Å²) in [5.41, 5.74) is 1.44. The van der Waals surface area contributed by atoms with Crippen molar-refractivity contribution in [1.82, 2.24) is 0 Å². The highest BCUT2D eigenvalue weighted by Gasteiger charge is 2.07. The topological polar surface area (TPSA) is 95.9 Å².